The zero-order chi connectivity index (χ0) is 15.0. The highest BCUT2D eigenvalue weighted by atomic mass is 16.5. The van der Waals surface area contributed by atoms with E-state index in [1.807, 2.05) is 6.07 Å². The molecule has 2 heterocycles. The number of carbonyl (C=O) groups is 1. The van der Waals surface area contributed by atoms with Crippen LogP contribution in [0.1, 0.15) is 62.2 Å². The van der Waals surface area contributed by atoms with Crippen LogP contribution >= 0.6 is 0 Å². The summed E-state index contributed by atoms with van der Waals surface area (Å²) in [6, 6.07) is 2.55. The fourth-order valence-corrected chi connectivity index (χ4v) is 3.10. The van der Waals surface area contributed by atoms with Crippen LogP contribution in [0, 0.1) is 5.92 Å². The molecule has 0 radical (unpaired) electrons. The smallest absolute Gasteiger partial charge is 0.273 e. The first kappa shape index (κ1) is 14.6. The van der Waals surface area contributed by atoms with E-state index in [1.54, 1.807) is 0 Å². The lowest BCUT2D eigenvalue weighted by molar-refractivity contribution is 0.0920. The van der Waals surface area contributed by atoms with Crippen LogP contribution in [0.3, 0.4) is 0 Å². The van der Waals surface area contributed by atoms with Crippen molar-refractivity contribution in [3.8, 4) is 0 Å². The van der Waals surface area contributed by atoms with Gasteiger partial charge in [-0.1, -0.05) is 18.5 Å². The van der Waals surface area contributed by atoms with E-state index >= 15 is 0 Å². The summed E-state index contributed by atoms with van der Waals surface area (Å²) in [5.41, 5.74) is 0.426. The first-order valence-electron chi connectivity index (χ1n) is 8.10. The maximum atomic E-state index is 12.3. The van der Waals surface area contributed by atoms with Crippen LogP contribution in [-0.2, 0) is 0 Å². The average molecular weight is 291 g/mol. The molecule has 1 saturated heterocycles. The van der Waals surface area contributed by atoms with E-state index in [0.29, 0.717) is 23.6 Å². The van der Waals surface area contributed by atoms with E-state index in [-0.39, 0.29) is 11.9 Å². The third-order valence-electron chi connectivity index (χ3n) is 4.78. The Kier molecular flexibility index (Phi) is 4.02. The second kappa shape index (κ2) is 5.79. The van der Waals surface area contributed by atoms with Gasteiger partial charge >= 0.3 is 0 Å². The van der Waals surface area contributed by atoms with Crippen LogP contribution in [-0.4, -0.2) is 41.1 Å². The summed E-state index contributed by atoms with van der Waals surface area (Å²) in [6.45, 7) is 8.59. The predicted octanol–water partition coefficient (Wildman–Crippen LogP) is 2.40. The molecule has 0 aromatic carbocycles. The van der Waals surface area contributed by atoms with Gasteiger partial charge in [-0.05, 0) is 32.6 Å². The van der Waals surface area contributed by atoms with Crippen molar-refractivity contribution in [3.05, 3.63) is 17.5 Å². The quantitative estimate of drug-likeness (QED) is 0.905. The normalized spacial score (nSPS) is 26.5. The lowest BCUT2D eigenvalue weighted by atomic mass is 10.0. The third-order valence-corrected chi connectivity index (χ3v) is 4.78. The molecule has 0 spiro atoms. The Labute approximate surface area is 126 Å². The minimum atomic E-state index is -0.0975. The number of nitrogens with one attached hydrogen (secondary N) is 1. The van der Waals surface area contributed by atoms with Crippen LogP contribution in [0.25, 0.3) is 0 Å². The molecule has 1 aromatic heterocycles. The molecule has 1 saturated carbocycles. The molecule has 1 aromatic rings. The van der Waals surface area contributed by atoms with Crippen molar-refractivity contribution in [1.29, 1.82) is 0 Å². The van der Waals surface area contributed by atoms with Crippen molar-refractivity contribution < 1.29 is 9.32 Å². The molecule has 1 amide bonds. The molecule has 1 aliphatic heterocycles. The van der Waals surface area contributed by atoms with Crippen molar-refractivity contribution in [2.45, 2.75) is 58.0 Å². The van der Waals surface area contributed by atoms with Crippen molar-refractivity contribution in [3.63, 3.8) is 0 Å². The minimum absolute atomic E-state index is 0.0975. The summed E-state index contributed by atoms with van der Waals surface area (Å²) in [6.07, 6.45) is 3.39. The maximum absolute atomic E-state index is 12.3. The van der Waals surface area contributed by atoms with Gasteiger partial charge < -0.3 is 9.84 Å². The van der Waals surface area contributed by atoms with Gasteiger partial charge in [0, 0.05) is 37.2 Å². The molecule has 2 atom stereocenters. The predicted molar refractivity (Wildman–Crippen MR) is 80.2 cm³/mol. The summed E-state index contributed by atoms with van der Waals surface area (Å²) in [7, 11) is 0. The first-order valence-corrected chi connectivity index (χ1v) is 8.10. The first-order chi connectivity index (χ1) is 10.1. The highest BCUT2D eigenvalue weighted by Gasteiger charge is 2.35. The number of likely N-dealkylation sites (tertiary alicyclic amines) is 1. The van der Waals surface area contributed by atoms with Crippen molar-refractivity contribution in [1.82, 2.24) is 15.4 Å². The van der Waals surface area contributed by atoms with E-state index < -0.39 is 0 Å². The van der Waals surface area contributed by atoms with E-state index in [2.05, 4.69) is 36.1 Å². The van der Waals surface area contributed by atoms with Crippen LogP contribution in [0.15, 0.2) is 10.6 Å². The topological polar surface area (TPSA) is 58.4 Å². The minimum Gasteiger partial charge on any atom is -0.360 e. The number of hydrogen-bond acceptors (Lipinski definition) is 4. The van der Waals surface area contributed by atoms with Crippen molar-refractivity contribution in [2.24, 2.45) is 5.92 Å². The zero-order valence-corrected chi connectivity index (χ0v) is 13.1. The summed E-state index contributed by atoms with van der Waals surface area (Å²) in [5.74, 6) is 1.78. The Bertz CT molecular complexity index is 507. The monoisotopic (exact) mass is 291 g/mol. The number of carbonyl (C=O) groups excluding carboxylic acids is 1. The number of amides is 1. The summed E-state index contributed by atoms with van der Waals surface area (Å²) >= 11 is 0. The molecular formula is C16H25N3O2. The lowest BCUT2D eigenvalue weighted by Crippen LogP contribution is -2.41. The Morgan fingerprint density at radius 1 is 1.48 bits per heavy atom. The zero-order valence-electron chi connectivity index (χ0n) is 13.1. The van der Waals surface area contributed by atoms with Gasteiger partial charge in [0.2, 0.25) is 0 Å². The second-order valence-electron chi connectivity index (χ2n) is 6.68. The lowest BCUT2D eigenvalue weighted by Gasteiger charge is -2.20. The SMILES string of the molecule is CC[C@@H]1CN(C(C)C)C[C@@H]1NC(=O)c1cc(C2CC2)on1. The van der Waals surface area contributed by atoms with Crippen LogP contribution in [0.5, 0.6) is 0 Å². The van der Waals surface area contributed by atoms with Gasteiger partial charge in [0.15, 0.2) is 5.69 Å². The largest absolute Gasteiger partial charge is 0.360 e. The van der Waals surface area contributed by atoms with E-state index in [0.717, 1.165) is 38.1 Å². The Hall–Kier alpha value is -1.36. The molecule has 21 heavy (non-hydrogen) atoms. The third kappa shape index (κ3) is 3.12. The average Bonchev–Trinajstić information content (AvgIpc) is 3.03. The van der Waals surface area contributed by atoms with Gasteiger partial charge in [-0.3, -0.25) is 9.69 Å². The van der Waals surface area contributed by atoms with Gasteiger partial charge in [-0.25, -0.2) is 0 Å². The Morgan fingerprint density at radius 2 is 2.24 bits per heavy atom. The van der Waals surface area contributed by atoms with E-state index in [4.69, 9.17) is 4.52 Å². The summed E-state index contributed by atoms with van der Waals surface area (Å²) < 4.78 is 5.27. The van der Waals surface area contributed by atoms with Gasteiger partial charge in [0.25, 0.3) is 5.91 Å². The molecule has 3 rings (SSSR count). The van der Waals surface area contributed by atoms with Crippen molar-refractivity contribution >= 4 is 5.91 Å². The number of rotatable bonds is 5. The molecular weight excluding hydrogens is 266 g/mol. The molecule has 2 fully saturated rings. The fraction of sp³-hybridized carbons (Fsp3) is 0.750. The molecule has 5 heteroatoms. The van der Waals surface area contributed by atoms with Gasteiger partial charge in [-0.15, -0.1) is 0 Å². The highest BCUT2D eigenvalue weighted by molar-refractivity contribution is 5.92. The number of hydrogen-bond donors (Lipinski definition) is 1. The Balaban J connectivity index is 1.62. The molecule has 116 valence electrons. The second-order valence-corrected chi connectivity index (χ2v) is 6.68. The highest BCUT2D eigenvalue weighted by Crippen LogP contribution is 2.40. The van der Waals surface area contributed by atoms with Gasteiger partial charge in [-0.2, -0.15) is 0 Å². The van der Waals surface area contributed by atoms with E-state index in [9.17, 15) is 4.79 Å². The molecule has 2 aliphatic rings. The number of aromatic nitrogens is 1. The molecule has 0 bridgehead atoms. The molecule has 5 nitrogen and oxygen atoms in total. The summed E-state index contributed by atoms with van der Waals surface area (Å²) in [4.78, 5) is 14.8. The van der Waals surface area contributed by atoms with Crippen LogP contribution in [0.2, 0.25) is 0 Å². The Morgan fingerprint density at radius 3 is 2.86 bits per heavy atom. The van der Waals surface area contributed by atoms with Gasteiger partial charge in [0.1, 0.15) is 5.76 Å². The molecule has 1 aliphatic carbocycles. The fourth-order valence-electron chi connectivity index (χ4n) is 3.10. The van der Waals surface area contributed by atoms with Crippen molar-refractivity contribution in [2.75, 3.05) is 13.1 Å². The molecule has 0 unspecified atom stereocenters. The molecule has 1 N–H and O–H groups in total. The number of nitrogens with zero attached hydrogens (tertiary/aromatic N) is 2. The maximum Gasteiger partial charge on any atom is 0.273 e. The van der Waals surface area contributed by atoms with Crippen LogP contribution in [0.4, 0.5) is 0 Å². The standard InChI is InChI=1S/C16H25N3O2/c1-4-11-8-19(10(2)3)9-14(11)17-16(20)13-7-15(21-18-13)12-5-6-12/h7,10-12,14H,4-6,8-9H2,1-3H3,(H,17,20)/t11-,14+/m1/s1. The van der Waals surface area contributed by atoms with Gasteiger partial charge in [0.05, 0.1) is 0 Å². The van der Waals surface area contributed by atoms with Crippen LogP contribution < -0.4 is 5.32 Å². The van der Waals surface area contributed by atoms with E-state index in [1.165, 1.54) is 0 Å². The summed E-state index contributed by atoms with van der Waals surface area (Å²) in [5, 5.41) is 7.07.